The molecule has 1 aliphatic rings. The molecular formula is C13H19NO3. The van der Waals surface area contributed by atoms with Gasteiger partial charge in [-0.3, -0.25) is 9.69 Å². The highest BCUT2D eigenvalue weighted by Crippen LogP contribution is 2.33. The highest BCUT2D eigenvalue weighted by molar-refractivity contribution is 5.76. The van der Waals surface area contributed by atoms with Crippen molar-refractivity contribution in [2.24, 2.45) is 0 Å². The first-order valence-corrected chi connectivity index (χ1v) is 5.95. The van der Waals surface area contributed by atoms with E-state index in [1.54, 1.807) is 0 Å². The van der Waals surface area contributed by atoms with Crippen molar-refractivity contribution in [1.82, 2.24) is 4.90 Å². The number of furan rings is 1. The lowest BCUT2D eigenvalue weighted by molar-refractivity contribution is -0.153. The second-order valence-electron chi connectivity index (χ2n) is 4.61. The van der Waals surface area contributed by atoms with Crippen LogP contribution in [0.25, 0.3) is 0 Å². The number of hydrogen-bond donors (Lipinski definition) is 0. The van der Waals surface area contributed by atoms with Crippen LogP contribution in [0, 0.1) is 13.8 Å². The van der Waals surface area contributed by atoms with Gasteiger partial charge in [0.1, 0.15) is 17.6 Å². The molecule has 0 amide bonds. The number of carbonyl (C=O) groups excluding carboxylic acids is 1. The lowest BCUT2D eigenvalue weighted by atomic mass is 9.96. The molecule has 0 aliphatic carbocycles. The fourth-order valence-electron chi connectivity index (χ4n) is 2.50. The topological polar surface area (TPSA) is 42.7 Å². The molecule has 0 saturated carbocycles. The predicted molar refractivity (Wildman–Crippen MR) is 63.7 cm³/mol. The zero-order chi connectivity index (χ0) is 12.6. The van der Waals surface area contributed by atoms with Gasteiger partial charge in [0.25, 0.3) is 0 Å². The van der Waals surface area contributed by atoms with E-state index in [4.69, 9.17) is 9.15 Å². The van der Waals surface area contributed by atoms with Crippen molar-refractivity contribution >= 4 is 5.97 Å². The highest BCUT2D eigenvalue weighted by atomic mass is 16.5. The third-order valence-electron chi connectivity index (χ3n) is 3.56. The molecule has 2 rings (SSSR count). The summed E-state index contributed by atoms with van der Waals surface area (Å²) in [6, 6.07) is 2.15. The van der Waals surface area contributed by atoms with Crippen LogP contribution in [0.2, 0.25) is 0 Å². The average Bonchev–Trinajstić information content (AvgIpc) is 2.56. The normalized spacial score (nSPS) is 22.0. The summed E-state index contributed by atoms with van der Waals surface area (Å²) in [5.74, 6) is 1.71. The monoisotopic (exact) mass is 237 g/mol. The van der Waals surface area contributed by atoms with Crippen LogP contribution in [-0.2, 0) is 9.53 Å². The molecule has 0 radical (unpaired) electrons. The summed E-state index contributed by atoms with van der Waals surface area (Å²) in [6.45, 7) is 6.94. The van der Waals surface area contributed by atoms with Crippen LogP contribution in [0.3, 0.4) is 0 Å². The molecule has 1 aromatic heterocycles. The lowest BCUT2D eigenvalue weighted by Crippen LogP contribution is -2.53. The van der Waals surface area contributed by atoms with E-state index in [1.165, 1.54) is 7.11 Å². The number of likely N-dealkylation sites (tertiary alicyclic amines) is 1. The van der Waals surface area contributed by atoms with E-state index >= 15 is 0 Å². The highest BCUT2D eigenvalue weighted by Gasteiger charge is 2.39. The van der Waals surface area contributed by atoms with E-state index in [-0.39, 0.29) is 18.1 Å². The third kappa shape index (κ3) is 2.09. The minimum atomic E-state index is -0.138. The molecule has 94 valence electrons. The minimum Gasteiger partial charge on any atom is -0.468 e. The molecule has 0 aromatic carbocycles. The van der Waals surface area contributed by atoms with Gasteiger partial charge in [-0.15, -0.1) is 0 Å². The molecule has 2 heterocycles. The van der Waals surface area contributed by atoms with Gasteiger partial charge in [0.05, 0.1) is 7.11 Å². The first kappa shape index (κ1) is 12.2. The number of carbonyl (C=O) groups is 1. The molecule has 17 heavy (non-hydrogen) atoms. The molecule has 4 heteroatoms. The molecule has 1 fully saturated rings. The van der Waals surface area contributed by atoms with Crippen molar-refractivity contribution in [3.8, 4) is 0 Å². The Balaban J connectivity index is 2.13. The van der Waals surface area contributed by atoms with Crippen molar-refractivity contribution in [1.29, 1.82) is 0 Å². The Kier molecular flexibility index (Phi) is 3.24. The van der Waals surface area contributed by atoms with Crippen molar-refractivity contribution in [3.63, 3.8) is 0 Å². The van der Waals surface area contributed by atoms with Crippen LogP contribution in [0.4, 0.5) is 0 Å². The Labute approximate surface area is 102 Å². The number of aryl methyl sites for hydroxylation is 2. The zero-order valence-electron chi connectivity index (χ0n) is 10.8. The summed E-state index contributed by atoms with van der Waals surface area (Å²) in [5.41, 5.74) is 1.16. The fourth-order valence-corrected chi connectivity index (χ4v) is 2.50. The SMILES string of the molecule is COC(=O)C1CCN1C(C)c1cc(C)oc1C. The van der Waals surface area contributed by atoms with Gasteiger partial charge in [0, 0.05) is 18.2 Å². The summed E-state index contributed by atoms with van der Waals surface area (Å²) >= 11 is 0. The van der Waals surface area contributed by atoms with E-state index < -0.39 is 0 Å². The lowest BCUT2D eigenvalue weighted by Gasteiger charge is -2.42. The van der Waals surface area contributed by atoms with Crippen LogP contribution >= 0.6 is 0 Å². The van der Waals surface area contributed by atoms with Gasteiger partial charge in [0.2, 0.25) is 0 Å². The zero-order valence-corrected chi connectivity index (χ0v) is 10.8. The van der Waals surface area contributed by atoms with E-state index in [1.807, 2.05) is 19.9 Å². The van der Waals surface area contributed by atoms with Crippen LogP contribution in [-0.4, -0.2) is 30.6 Å². The second-order valence-corrected chi connectivity index (χ2v) is 4.61. The van der Waals surface area contributed by atoms with Gasteiger partial charge in [0.15, 0.2) is 0 Å². The Hall–Kier alpha value is -1.29. The molecule has 1 saturated heterocycles. The largest absolute Gasteiger partial charge is 0.468 e. The summed E-state index contributed by atoms with van der Waals surface area (Å²) in [6.07, 6.45) is 0.882. The maximum Gasteiger partial charge on any atom is 0.323 e. The number of esters is 1. The number of ether oxygens (including phenoxy) is 1. The average molecular weight is 237 g/mol. The summed E-state index contributed by atoms with van der Waals surface area (Å²) in [5, 5.41) is 0. The van der Waals surface area contributed by atoms with Gasteiger partial charge in [-0.25, -0.2) is 0 Å². The van der Waals surface area contributed by atoms with Crippen molar-refractivity contribution < 1.29 is 13.9 Å². The van der Waals surface area contributed by atoms with Crippen molar-refractivity contribution in [2.45, 2.75) is 39.3 Å². The molecule has 0 N–H and O–H groups in total. The smallest absolute Gasteiger partial charge is 0.323 e. The second kappa shape index (κ2) is 4.53. The molecule has 4 nitrogen and oxygen atoms in total. The van der Waals surface area contributed by atoms with Gasteiger partial charge >= 0.3 is 5.97 Å². The van der Waals surface area contributed by atoms with Gasteiger partial charge in [-0.1, -0.05) is 0 Å². The predicted octanol–water partition coefficient (Wildman–Crippen LogP) is 2.20. The van der Waals surface area contributed by atoms with Crippen molar-refractivity contribution in [3.05, 3.63) is 23.2 Å². The summed E-state index contributed by atoms with van der Waals surface area (Å²) in [4.78, 5) is 13.7. The van der Waals surface area contributed by atoms with Crippen LogP contribution < -0.4 is 0 Å². The van der Waals surface area contributed by atoms with Crippen LogP contribution in [0.5, 0.6) is 0 Å². The molecule has 1 aromatic rings. The molecular weight excluding hydrogens is 218 g/mol. The Morgan fingerprint density at radius 1 is 1.59 bits per heavy atom. The van der Waals surface area contributed by atoms with Crippen LogP contribution in [0.1, 0.15) is 36.5 Å². The Bertz CT molecular complexity index is 424. The number of hydrogen-bond acceptors (Lipinski definition) is 4. The van der Waals surface area contributed by atoms with E-state index in [2.05, 4.69) is 11.8 Å². The summed E-state index contributed by atoms with van der Waals surface area (Å²) < 4.78 is 10.3. The molecule has 2 atom stereocenters. The molecule has 0 bridgehead atoms. The maximum atomic E-state index is 11.5. The van der Waals surface area contributed by atoms with Crippen molar-refractivity contribution in [2.75, 3.05) is 13.7 Å². The van der Waals surface area contributed by atoms with E-state index in [9.17, 15) is 4.79 Å². The number of methoxy groups -OCH3 is 1. The van der Waals surface area contributed by atoms with E-state index in [0.717, 1.165) is 30.0 Å². The fraction of sp³-hybridized carbons (Fsp3) is 0.615. The number of rotatable bonds is 3. The Morgan fingerprint density at radius 3 is 2.71 bits per heavy atom. The Morgan fingerprint density at radius 2 is 2.29 bits per heavy atom. The molecule has 1 aliphatic heterocycles. The maximum absolute atomic E-state index is 11.5. The molecule has 0 spiro atoms. The van der Waals surface area contributed by atoms with E-state index in [0.29, 0.717) is 0 Å². The minimum absolute atomic E-state index is 0.0930. The number of nitrogens with zero attached hydrogens (tertiary/aromatic N) is 1. The van der Waals surface area contributed by atoms with Crippen LogP contribution in [0.15, 0.2) is 10.5 Å². The first-order valence-electron chi connectivity index (χ1n) is 5.95. The third-order valence-corrected chi connectivity index (χ3v) is 3.56. The molecule has 2 unspecified atom stereocenters. The quantitative estimate of drug-likeness (QED) is 0.756. The van der Waals surface area contributed by atoms with Gasteiger partial charge in [-0.2, -0.15) is 0 Å². The summed E-state index contributed by atoms with van der Waals surface area (Å²) in [7, 11) is 1.44. The standard InChI is InChI=1S/C13H19NO3/c1-8-7-11(10(3)17-8)9(2)14-6-5-12(14)13(15)16-4/h7,9,12H,5-6H2,1-4H3. The van der Waals surface area contributed by atoms with Gasteiger partial charge < -0.3 is 9.15 Å². The first-order chi connectivity index (χ1) is 8.04. The van der Waals surface area contributed by atoms with Gasteiger partial charge in [-0.05, 0) is 33.3 Å².